The fourth-order valence-electron chi connectivity index (χ4n) is 2.29. The Labute approximate surface area is 151 Å². The van der Waals surface area contributed by atoms with Crippen molar-refractivity contribution >= 4 is 14.1 Å². The summed E-state index contributed by atoms with van der Waals surface area (Å²) in [7, 11) is -1.92. The SMILES string of the molecule is CC(=O)c1ccc(C(O)c2cccc(O[Si](C)(C)C(C)(C)C)c2)cc1. The molecule has 1 atom stereocenters. The van der Waals surface area contributed by atoms with E-state index in [1.807, 2.05) is 24.3 Å². The normalized spacial score (nSPS) is 13.4. The van der Waals surface area contributed by atoms with Crippen molar-refractivity contribution in [1.82, 2.24) is 0 Å². The van der Waals surface area contributed by atoms with E-state index in [0.717, 1.165) is 16.9 Å². The minimum atomic E-state index is -1.92. The summed E-state index contributed by atoms with van der Waals surface area (Å²) in [6, 6.07) is 14.7. The van der Waals surface area contributed by atoms with Gasteiger partial charge in [-0.05, 0) is 48.3 Å². The molecule has 1 N–H and O–H groups in total. The van der Waals surface area contributed by atoms with Gasteiger partial charge in [0.1, 0.15) is 11.9 Å². The van der Waals surface area contributed by atoms with Crippen LogP contribution in [0.5, 0.6) is 5.75 Å². The molecule has 134 valence electrons. The number of hydrogen-bond acceptors (Lipinski definition) is 3. The highest BCUT2D eigenvalue weighted by atomic mass is 28.4. The second-order valence-corrected chi connectivity index (χ2v) is 12.7. The van der Waals surface area contributed by atoms with Gasteiger partial charge in [-0.25, -0.2) is 0 Å². The maximum atomic E-state index is 11.4. The predicted molar refractivity (Wildman–Crippen MR) is 105 cm³/mol. The Morgan fingerprint density at radius 2 is 1.64 bits per heavy atom. The number of carbonyl (C=O) groups is 1. The van der Waals surface area contributed by atoms with Gasteiger partial charge in [0.2, 0.25) is 8.32 Å². The van der Waals surface area contributed by atoms with E-state index < -0.39 is 14.4 Å². The monoisotopic (exact) mass is 356 g/mol. The Balaban J connectivity index is 2.24. The van der Waals surface area contributed by atoms with E-state index in [2.05, 4.69) is 33.9 Å². The first-order chi connectivity index (χ1) is 11.5. The Bertz CT molecular complexity index is 742. The molecule has 0 aromatic heterocycles. The van der Waals surface area contributed by atoms with Crippen LogP contribution in [-0.4, -0.2) is 19.2 Å². The molecule has 4 heteroatoms. The first-order valence-corrected chi connectivity index (χ1v) is 11.5. The number of benzene rings is 2. The largest absolute Gasteiger partial charge is 0.543 e. The zero-order chi connectivity index (χ0) is 18.8. The Morgan fingerprint density at radius 1 is 1.04 bits per heavy atom. The van der Waals surface area contributed by atoms with E-state index in [9.17, 15) is 9.90 Å². The summed E-state index contributed by atoms with van der Waals surface area (Å²) < 4.78 is 6.33. The number of ketones is 1. The molecular weight excluding hydrogens is 328 g/mol. The van der Waals surface area contributed by atoms with Crippen LogP contribution in [-0.2, 0) is 0 Å². The van der Waals surface area contributed by atoms with Crippen LogP contribution in [0.2, 0.25) is 18.1 Å². The molecule has 0 bridgehead atoms. The van der Waals surface area contributed by atoms with Gasteiger partial charge in [0.15, 0.2) is 5.78 Å². The van der Waals surface area contributed by atoms with E-state index >= 15 is 0 Å². The van der Waals surface area contributed by atoms with E-state index in [1.165, 1.54) is 6.92 Å². The third-order valence-electron chi connectivity index (χ3n) is 4.99. The van der Waals surface area contributed by atoms with Gasteiger partial charge in [-0.15, -0.1) is 0 Å². The molecule has 0 aliphatic carbocycles. The molecule has 3 nitrogen and oxygen atoms in total. The molecule has 0 amide bonds. The van der Waals surface area contributed by atoms with Gasteiger partial charge in [-0.3, -0.25) is 4.79 Å². The van der Waals surface area contributed by atoms with E-state index in [-0.39, 0.29) is 10.8 Å². The summed E-state index contributed by atoms with van der Waals surface area (Å²) in [6.07, 6.45) is -0.746. The molecule has 25 heavy (non-hydrogen) atoms. The quantitative estimate of drug-likeness (QED) is 0.580. The van der Waals surface area contributed by atoms with Gasteiger partial charge in [0, 0.05) is 5.56 Å². The second-order valence-electron chi connectivity index (χ2n) is 8.02. The number of rotatable bonds is 5. The lowest BCUT2D eigenvalue weighted by Gasteiger charge is -2.36. The molecule has 1 unspecified atom stereocenters. The molecule has 2 aromatic rings. The van der Waals surface area contributed by atoms with Crippen LogP contribution in [0.3, 0.4) is 0 Å². The minimum Gasteiger partial charge on any atom is -0.543 e. The van der Waals surface area contributed by atoms with Gasteiger partial charge < -0.3 is 9.53 Å². The average Bonchev–Trinajstić information content (AvgIpc) is 2.53. The maximum Gasteiger partial charge on any atom is 0.250 e. The van der Waals surface area contributed by atoms with E-state index in [0.29, 0.717) is 5.56 Å². The number of hydrogen-bond donors (Lipinski definition) is 1. The molecule has 0 spiro atoms. The molecule has 2 aromatic carbocycles. The molecule has 0 saturated heterocycles. The molecule has 0 fully saturated rings. The van der Waals surface area contributed by atoms with Crippen molar-refractivity contribution in [2.45, 2.75) is 51.9 Å². The summed E-state index contributed by atoms with van der Waals surface area (Å²) in [5.41, 5.74) is 2.19. The fraction of sp³-hybridized carbons (Fsp3) is 0.381. The first kappa shape index (κ1) is 19.4. The van der Waals surface area contributed by atoms with Gasteiger partial charge in [-0.2, -0.15) is 0 Å². The highest BCUT2D eigenvalue weighted by Crippen LogP contribution is 2.38. The van der Waals surface area contributed by atoms with Crippen molar-refractivity contribution in [3.05, 3.63) is 65.2 Å². The van der Waals surface area contributed by atoms with Gasteiger partial charge in [0.05, 0.1) is 0 Å². The van der Waals surface area contributed by atoms with Crippen molar-refractivity contribution in [1.29, 1.82) is 0 Å². The van der Waals surface area contributed by atoms with Crippen LogP contribution in [0, 0.1) is 0 Å². The summed E-state index contributed by atoms with van der Waals surface area (Å²) in [6.45, 7) is 12.6. The van der Waals surface area contributed by atoms with Crippen molar-refractivity contribution in [2.75, 3.05) is 0 Å². The van der Waals surface area contributed by atoms with Crippen LogP contribution in [0.4, 0.5) is 0 Å². The first-order valence-electron chi connectivity index (χ1n) is 8.59. The molecule has 0 radical (unpaired) electrons. The zero-order valence-electron chi connectivity index (χ0n) is 16.0. The molecule has 0 aliphatic heterocycles. The van der Waals surface area contributed by atoms with Crippen molar-refractivity contribution < 1.29 is 14.3 Å². The maximum absolute atomic E-state index is 11.4. The second kappa shape index (κ2) is 7.14. The average molecular weight is 357 g/mol. The van der Waals surface area contributed by atoms with Crippen LogP contribution < -0.4 is 4.43 Å². The standard InChI is InChI=1S/C21H28O3Si/c1-15(22)16-10-12-17(13-11-16)20(23)18-8-7-9-19(14-18)24-25(5,6)21(2,3)4/h7-14,20,23H,1-6H3. The Kier molecular flexibility index (Phi) is 5.54. The molecule has 0 heterocycles. The topological polar surface area (TPSA) is 46.5 Å². The van der Waals surface area contributed by atoms with Crippen LogP contribution >= 0.6 is 0 Å². The van der Waals surface area contributed by atoms with Gasteiger partial charge in [-0.1, -0.05) is 57.2 Å². The minimum absolute atomic E-state index is 0.0193. The molecular formula is C21H28O3Si. The molecule has 2 rings (SSSR count). The zero-order valence-corrected chi connectivity index (χ0v) is 17.0. The van der Waals surface area contributed by atoms with Crippen molar-refractivity contribution in [3.8, 4) is 5.75 Å². The highest BCUT2D eigenvalue weighted by molar-refractivity contribution is 6.74. The van der Waals surface area contributed by atoms with Crippen LogP contribution in [0.25, 0.3) is 0 Å². The van der Waals surface area contributed by atoms with Crippen LogP contribution in [0.1, 0.15) is 55.3 Å². The Morgan fingerprint density at radius 3 is 2.16 bits per heavy atom. The number of aliphatic hydroxyl groups excluding tert-OH is 1. The number of carbonyl (C=O) groups excluding carboxylic acids is 1. The lowest BCUT2D eigenvalue weighted by atomic mass is 9.99. The number of Topliss-reactive ketones (excluding diaryl/α,β-unsaturated/α-hetero) is 1. The lowest BCUT2D eigenvalue weighted by Crippen LogP contribution is -2.43. The van der Waals surface area contributed by atoms with Gasteiger partial charge >= 0.3 is 0 Å². The third-order valence-corrected chi connectivity index (χ3v) is 9.34. The third kappa shape index (κ3) is 4.59. The molecule has 0 saturated carbocycles. The van der Waals surface area contributed by atoms with E-state index in [4.69, 9.17) is 4.43 Å². The summed E-state index contributed by atoms with van der Waals surface area (Å²) in [4.78, 5) is 11.4. The lowest BCUT2D eigenvalue weighted by molar-refractivity contribution is 0.101. The van der Waals surface area contributed by atoms with Gasteiger partial charge in [0.25, 0.3) is 0 Å². The smallest absolute Gasteiger partial charge is 0.250 e. The van der Waals surface area contributed by atoms with E-state index in [1.54, 1.807) is 24.3 Å². The van der Waals surface area contributed by atoms with Crippen molar-refractivity contribution in [3.63, 3.8) is 0 Å². The van der Waals surface area contributed by atoms with Crippen LogP contribution in [0.15, 0.2) is 48.5 Å². The highest BCUT2D eigenvalue weighted by Gasteiger charge is 2.39. The fourth-order valence-corrected chi connectivity index (χ4v) is 3.31. The summed E-state index contributed by atoms with van der Waals surface area (Å²) in [5, 5.41) is 10.8. The van der Waals surface area contributed by atoms with Crippen molar-refractivity contribution in [2.24, 2.45) is 0 Å². The molecule has 0 aliphatic rings. The summed E-state index contributed by atoms with van der Waals surface area (Å²) >= 11 is 0. The Hall–Kier alpha value is -1.91. The number of aliphatic hydroxyl groups is 1. The predicted octanol–water partition coefficient (Wildman–Crippen LogP) is 5.35. The summed E-state index contributed by atoms with van der Waals surface area (Å²) in [5.74, 6) is 0.814.